The molecule has 0 amide bonds. The summed E-state index contributed by atoms with van der Waals surface area (Å²) >= 11 is 0. The van der Waals surface area contributed by atoms with Gasteiger partial charge in [0.05, 0.1) is 17.9 Å². The Bertz CT molecular complexity index is 583. The van der Waals surface area contributed by atoms with Crippen LogP contribution in [0.4, 0.5) is 0 Å². The van der Waals surface area contributed by atoms with Crippen molar-refractivity contribution in [1.29, 1.82) is 0 Å². The molecule has 0 aromatic carbocycles. The fourth-order valence-corrected chi connectivity index (χ4v) is 3.94. The Morgan fingerprint density at radius 2 is 2.25 bits per heavy atom. The van der Waals surface area contributed by atoms with E-state index in [4.69, 9.17) is 5.11 Å². The van der Waals surface area contributed by atoms with E-state index in [0.717, 1.165) is 11.3 Å². The summed E-state index contributed by atoms with van der Waals surface area (Å²) < 4.78 is 23.3. The highest BCUT2D eigenvalue weighted by atomic mass is 32.2. The van der Waals surface area contributed by atoms with Crippen LogP contribution in [0.1, 0.15) is 17.7 Å². The Morgan fingerprint density at radius 3 is 2.85 bits per heavy atom. The number of pyridine rings is 1. The number of sulfone groups is 1. The van der Waals surface area contributed by atoms with Gasteiger partial charge in [-0.25, -0.2) is 8.42 Å². The van der Waals surface area contributed by atoms with Crippen molar-refractivity contribution < 1.29 is 18.3 Å². The molecule has 6 nitrogen and oxygen atoms in total. The standard InChI is InChI=1S/C13H18N2O4S/c1-10-2-3-11(7-14-10)8-15-4-5-20(18,19)9-12(15)6-13(16)17/h2-3,7,12H,4-6,8-9H2,1H3,(H,16,17). The van der Waals surface area contributed by atoms with Crippen LogP contribution in [0, 0.1) is 6.92 Å². The van der Waals surface area contributed by atoms with Crippen LogP contribution in [-0.2, 0) is 21.2 Å². The minimum Gasteiger partial charge on any atom is -0.481 e. The molecular weight excluding hydrogens is 280 g/mol. The number of hydrogen-bond donors (Lipinski definition) is 1. The number of aryl methyl sites for hydroxylation is 1. The summed E-state index contributed by atoms with van der Waals surface area (Å²) in [7, 11) is -3.13. The second kappa shape index (κ2) is 5.88. The monoisotopic (exact) mass is 298 g/mol. The van der Waals surface area contributed by atoms with E-state index in [9.17, 15) is 13.2 Å². The molecule has 1 atom stereocenters. The minimum atomic E-state index is -3.13. The predicted molar refractivity (Wildman–Crippen MR) is 74.1 cm³/mol. The van der Waals surface area contributed by atoms with Gasteiger partial charge in [0.15, 0.2) is 9.84 Å². The van der Waals surface area contributed by atoms with Crippen molar-refractivity contribution >= 4 is 15.8 Å². The number of aliphatic carboxylic acids is 1. The Labute approximate surface area is 118 Å². The number of aromatic nitrogens is 1. The van der Waals surface area contributed by atoms with Crippen LogP contribution in [0.3, 0.4) is 0 Å². The van der Waals surface area contributed by atoms with E-state index < -0.39 is 21.8 Å². The first-order chi connectivity index (χ1) is 9.35. The summed E-state index contributed by atoms with van der Waals surface area (Å²) in [5.41, 5.74) is 1.88. The number of nitrogens with zero attached hydrogens (tertiary/aromatic N) is 2. The normalized spacial score (nSPS) is 22.6. The average molecular weight is 298 g/mol. The van der Waals surface area contributed by atoms with Crippen molar-refractivity contribution in [3.8, 4) is 0 Å². The molecule has 0 spiro atoms. The zero-order chi connectivity index (χ0) is 14.8. The molecule has 1 unspecified atom stereocenters. The Morgan fingerprint density at radius 1 is 1.50 bits per heavy atom. The van der Waals surface area contributed by atoms with Gasteiger partial charge >= 0.3 is 5.97 Å². The van der Waals surface area contributed by atoms with Gasteiger partial charge in [-0.1, -0.05) is 6.07 Å². The van der Waals surface area contributed by atoms with E-state index in [1.165, 1.54) is 0 Å². The van der Waals surface area contributed by atoms with E-state index in [2.05, 4.69) is 4.98 Å². The molecule has 0 bridgehead atoms. The first-order valence-electron chi connectivity index (χ1n) is 6.43. The number of carboxylic acids is 1. The van der Waals surface area contributed by atoms with E-state index in [1.54, 1.807) is 6.20 Å². The molecule has 20 heavy (non-hydrogen) atoms. The van der Waals surface area contributed by atoms with Gasteiger partial charge in [-0.15, -0.1) is 0 Å². The molecule has 7 heteroatoms. The van der Waals surface area contributed by atoms with Crippen molar-refractivity contribution in [1.82, 2.24) is 9.88 Å². The topological polar surface area (TPSA) is 87.6 Å². The van der Waals surface area contributed by atoms with Crippen molar-refractivity contribution in [2.24, 2.45) is 0 Å². The van der Waals surface area contributed by atoms with E-state index in [1.807, 2.05) is 24.0 Å². The second-order valence-electron chi connectivity index (χ2n) is 5.14. The fourth-order valence-electron chi connectivity index (χ4n) is 2.34. The predicted octanol–water partition coefficient (Wildman–Crippen LogP) is 0.464. The van der Waals surface area contributed by atoms with E-state index >= 15 is 0 Å². The molecule has 1 aromatic rings. The lowest BCUT2D eigenvalue weighted by molar-refractivity contribution is -0.138. The highest BCUT2D eigenvalue weighted by molar-refractivity contribution is 7.91. The van der Waals surface area contributed by atoms with Crippen molar-refractivity contribution in [2.75, 3.05) is 18.1 Å². The molecule has 1 fully saturated rings. The molecule has 1 aliphatic rings. The van der Waals surface area contributed by atoms with Crippen LogP contribution >= 0.6 is 0 Å². The molecule has 1 aliphatic heterocycles. The summed E-state index contributed by atoms with van der Waals surface area (Å²) in [6, 6.07) is 3.36. The fraction of sp³-hybridized carbons (Fsp3) is 0.538. The summed E-state index contributed by atoms with van der Waals surface area (Å²) in [6.07, 6.45) is 1.59. The summed E-state index contributed by atoms with van der Waals surface area (Å²) in [4.78, 5) is 17.0. The lowest BCUT2D eigenvalue weighted by Crippen LogP contribution is -2.48. The van der Waals surface area contributed by atoms with Crippen molar-refractivity contribution in [3.63, 3.8) is 0 Å². The third-order valence-corrected chi connectivity index (χ3v) is 5.12. The van der Waals surface area contributed by atoms with Crippen LogP contribution < -0.4 is 0 Å². The number of hydrogen-bond acceptors (Lipinski definition) is 5. The molecule has 2 rings (SSSR count). The third kappa shape index (κ3) is 4.01. The first kappa shape index (κ1) is 14.9. The van der Waals surface area contributed by atoms with E-state index in [0.29, 0.717) is 13.1 Å². The quantitative estimate of drug-likeness (QED) is 0.869. The molecule has 1 saturated heterocycles. The van der Waals surface area contributed by atoms with Crippen LogP contribution in [0.5, 0.6) is 0 Å². The van der Waals surface area contributed by atoms with Crippen LogP contribution in [0.15, 0.2) is 18.3 Å². The minimum absolute atomic E-state index is 0.0847. The number of carboxylic acid groups (broad SMARTS) is 1. The van der Waals surface area contributed by atoms with Gasteiger partial charge in [-0.05, 0) is 18.6 Å². The summed E-state index contributed by atoms with van der Waals surface area (Å²) in [6.45, 7) is 2.79. The molecule has 0 aliphatic carbocycles. The van der Waals surface area contributed by atoms with Gasteiger partial charge in [0.25, 0.3) is 0 Å². The van der Waals surface area contributed by atoms with Gasteiger partial charge in [-0.3, -0.25) is 14.7 Å². The molecule has 2 heterocycles. The number of rotatable bonds is 4. The van der Waals surface area contributed by atoms with Gasteiger partial charge in [-0.2, -0.15) is 0 Å². The molecule has 0 saturated carbocycles. The Kier molecular flexibility index (Phi) is 4.39. The Balaban J connectivity index is 2.11. The van der Waals surface area contributed by atoms with Crippen LogP contribution in [0.25, 0.3) is 0 Å². The first-order valence-corrected chi connectivity index (χ1v) is 8.26. The molecule has 1 N–H and O–H groups in total. The summed E-state index contributed by atoms with van der Waals surface area (Å²) in [5, 5.41) is 8.92. The molecule has 110 valence electrons. The van der Waals surface area contributed by atoms with E-state index in [-0.39, 0.29) is 17.9 Å². The Hall–Kier alpha value is -1.47. The maximum atomic E-state index is 11.7. The van der Waals surface area contributed by atoms with Crippen LogP contribution in [0.2, 0.25) is 0 Å². The largest absolute Gasteiger partial charge is 0.481 e. The summed E-state index contributed by atoms with van der Waals surface area (Å²) in [5.74, 6) is -0.972. The average Bonchev–Trinajstić information content (AvgIpc) is 2.34. The highest BCUT2D eigenvalue weighted by Crippen LogP contribution is 2.18. The lowest BCUT2D eigenvalue weighted by atomic mass is 10.1. The van der Waals surface area contributed by atoms with Gasteiger partial charge in [0, 0.05) is 31.0 Å². The lowest BCUT2D eigenvalue weighted by Gasteiger charge is -2.34. The van der Waals surface area contributed by atoms with Crippen molar-refractivity contribution in [3.05, 3.63) is 29.6 Å². The third-order valence-electron chi connectivity index (χ3n) is 3.42. The smallest absolute Gasteiger partial charge is 0.304 e. The maximum absolute atomic E-state index is 11.7. The van der Waals surface area contributed by atoms with Crippen molar-refractivity contribution in [2.45, 2.75) is 25.9 Å². The number of carbonyl (C=O) groups is 1. The molecular formula is C13H18N2O4S. The van der Waals surface area contributed by atoms with Gasteiger partial charge < -0.3 is 5.11 Å². The van der Waals surface area contributed by atoms with Gasteiger partial charge in [0.2, 0.25) is 0 Å². The molecule has 0 radical (unpaired) electrons. The second-order valence-corrected chi connectivity index (χ2v) is 7.37. The zero-order valence-electron chi connectivity index (χ0n) is 11.3. The highest BCUT2D eigenvalue weighted by Gasteiger charge is 2.32. The van der Waals surface area contributed by atoms with Gasteiger partial charge in [0.1, 0.15) is 0 Å². The zero-order valence-corrected chi connectivity index (χ0v) is 12.1. The SMILES string of the molecule is Cc1ccc(CN2CCS(=O)(=O)CC2CC(=O)O)cn1. The molecule has 1 aromatic heterocycles. The van der Waals surface area contributed by atoms with Crippen LogP contribution in [-0.4, -0.2) is 53.5 Å². The maximum Gasteiger partial charge on any atom is 0.304 e.